The summed E-state index contributed by atoms with van der Waals surface area (Å²) in [7, 11) is 0. The fourth-order valence-electron chi connectivity index (χ4n) is 4.14. The fourth-order valence-corrected chi connectivity index (χ4v) is 4.14. The van der Waals surface area contributed by atoms with Crippen LogP contribution in [0, 0.1) is 0 Å². The zero-order chi connectivity index (χ0) is 17.8. The maximum atomic E-state index is 12.4. The van der Waals surface area contributed by atoms with Crippen molar-refractivity contribution in [2.75, 3.05) is 19.7 Å². The Morgan fingerprint density at radius 3 is 2.81 bits per heavy atom. The number of hydrogen-bond donors (Lipinski definition) is 1. The maximum absolute atomic E-state index is 12.4. The summed E-state index contributed by atoms with van der Waals surface area (Å²) in [5, 5.41) is 0. The van der Waals surface area contributed by atoms with Crippen LogP contribution in [0.3, 0.4) is 0 Å². The summed E-state index contributed by atoms with van der Waals surface area (Å²) in [6.45, 7) is 2.33. The number of aromatic amines is 1. The van der Waals surface area contributed by atoms with E-state index in [2.05, 4.69) is 40.3 Å². The fraction of sp³-hybridized carbons (Fsp3) is 0.429. The third kappa shape index (κ3) is 3.73. The molecule has 1 spiro atoms. The van der Waals surface area contributed by atoms with Crippen molar-refractivity contribution in [2.45, 2.75) is 37.2 Å². The van der Waals surface area contributed by atoms with Crippen LogP contribution in [0.25, 0.3) is 6.08 Å². The summed E-state index contributed by atoms with van der Waals surface area (Å²) < 4.78 is 6.24. The molecule has 4 rings (SSSR count). The van der Waals surface area contributed by atoms with Gasteiger partial charge in [0.1, 0.15) is 0 Å². The molecule has 0 radical (unpaired) electrons. The number of carbonyl (C=O) groups is 1. The summed E-state index contributed by atoms with van der Waals surface area (Å²) in [5.74, 6) is 0.623. The van der Waals surface area contributed by atoms with Gasteiger partial charge in [0.2, 0.25) is 5.91 Å². The average molecular weight is 351 g/mol. The van der Waals surface area contributed by atoms with Crippen LogP contribution in [0.15, 0.2) is 48.9 Å². The molecule has 1 atom stereocenters. The first-order chi connectivity index (χ1) is 12.7. The number of nitrogens with one attached hydrogen (secondary N) is 1. The molecule has 0 aliphatic carbocycles. The molecule has 2 aromatic rings. The van der Waals surface area contributed by atoms with E-state index in [1.54, 1.807) is 24.7 Å². The first-order valence-corrected chi connectivity index (χ1v) is 9.38. The standard InChI is InChI=1S/C21H25N3O2/c25-20(7-6-19-15-22-16-23-19)24-11-9-21(10-12-24)14-18(8-13-26-21)17-4-2-1-3-5-17/h1-7,15-16,18H,8-14H2,(H,22,23)/b7-6+/t18-/m0/s1. The molecule has 1 N–H and O–H groups in total. The highest BCUT2D eigenvalue weighted by molar-refractivity contribution is 5.91. The van der Waals surface area contributed by atoms with Gasteiger partial charge in [0, 0.05) is 25.8 Å². The molecule has 2 fully saturated rings. The Balaban J connectivity index is 1.35. The summed E-state index contributed by atoms with van der Waals surface area (Å²) in [6.07, 6.45) is 10.7. The quantitative estimate of drug-likeness (QED) is 0.863. The normalized spacial score (nSPS) is 22.8. The Labute approximate surface area is 154 Å². The number of piperidine rings is 1. The zero-order valence-electron chi connectivity index (χ0n) is 14.9. The van der Waals surface area contributed by atoms with Gasteiger partial charge < -0.3 is 14.6 Å². The highest BCUT2D eigenvalue weighted by Gasteiger charge is 2.41. The van der Waals surface area contributed by atoms with Crippen LogP contribution in [0.1, 0.15) is 42.9 Å². The van der Waals surface area contributed by atoms with Crippen LogP contribution in [-0.4, -0.2) is 46.1 Å². The van der Waals surface area contributed by atoms with Gasteiger partial charge in [-0.05, 0) is 43.2 Å². The molecule has 26 heavy (non-hydrogen) atoms. The molecular formula is C21H25N3O2. The highest BCUT2D eigenvalue weighted by atomic mass is 16.5. The molecule has 1 aromatic carbocycles. The molecule has 1 aromatic heterocycles. The number of benzene rings is 1. The summed E-state index contributed by atoms with van der Waals surface area (Å²) in [6, 6.07) is 10.8. The van der Waals surface area contributed by atoms with Gasteiger partial charge in [-0.3, -0.25) is 4.79 Å². The predicted octanol–water partition coefficient (Wildman–Crippen LogP) is 3.38. The van der Waals surface area contributed by atoms with Crippen molar-refractivity contribution in [3.63, 3.8) is 0 Å². The Bertz CT molecular complexity index is 747. The van der Waals surface area contributed by atoms with Gasteiger partial charge in [-0.15, -0.1) is 0 Å². The number of likely N-dealkylation sites (tertiary alicyclic amines) is 1. The second kappa shape index (κ2) is 7.46. The van der Waals surface area contributed by atoms with E-state index in [9.17, 15) is 4.79 Å². The third-order valence-electron chi connectivity index (χ3n) is 5.68. The lowest BCUT2D eigenvalue weighted by molar-refractivity contribution is -0.139. The molecule has 0 bridgehead atoms. The van der Waals surface area contributed by atoms with E-state index in [1.807, 2.05) is 4.90 Å². The van der Waals surface area contributed by atoms with Gasteiger partial charge in [0.15, 0.2) is 0 Å². The van der Waals surface area contributed by atoms with E-state index in [4.69, 9.17) is 4.74 Å². The number of aromatic nitrogens is 2. The Kier molecular flexibility index (Phi) is 4.89. The van der Waals surface area contributed by atoms with E-state index >= 15 is 0 Å². The van der Waals surface area contributed by atoms with Crippen molar-refractivity contribution in [3.8, 4) is 0 Å². The second-order valence-electron chi connectivity index (χ2n) is 7.30. The molecule has 5 nitrogen and oxygen atoms in total. The van der Waals surface area contributed by atoms with Crippen molar-refractivity contribution < 1.29 is 9.53 Å². The molecule has 0 unspecified atom stereocenters. The number of nitrogens with zero attached hydrogens (tertiary/aromatic N) is 2. The number of amides is 1. The van der Waals surface area contributed by atoms with Crippen LogP contribution in [0.4, 0.5) is 0 Å². The topological polar surface area (TPSA) is 58.2 Å². The summed E-state index contributed by atoms with van der Waals surface area (Å²) >= 11 is 0. The van der Waals surface area contributed by atoms with Crippen molar-refractivity contribution in [2.24, 2.45) is 0 Å². The zero-order valence-corrected chi connectivity index (χ0v) is 14.9. The smallest absolute Gasteiger partial charge is 0.246 e. The lowest BCUT2D eigenvalue weighted by atomic mass is 9.77. The minimum Gasteiger partial charge on any atom is -0.375 e. The average Bonchev–Trinajstić information content (AvgIpc) is 3.21. The van der Waals surface area contributed by atoms with Gasteiger partial charge in [-0.25, -0.2) is 4.98 Å². The summed E-state index contributed by atoms with van der Waals surface area (Å²) in [5.41, 5.74) is 2.19. The lowest BCUT2D eigenvalue weighted by Crippen LogP contribution is -2.50. The van der Waals surface area contributed by atoms with Crippen molar-refractivity contribution in [1.82, 2.24) is 14.9 Å². The molecule has 2 aliphatic rings. The molecule has 0 saturated carbocycles. The molecule has 2 saturated heterocycles. The highest BCUT2D eigenvalue weighted by Crippen LogP contribution is 2.41. The van der Waals surface area contributed by atoms with Crippen LogP contribution < -0.4 is 0 Å². The van der Waals surface area contributed by atoms with Crippen LogP contribution >= 0.6 is 0 Å². The second-order valence-corrected chi connectivity index (χ2v) is 7.30. The predicted molar refractivity (Wildman–Crippen MR) is 101 cm³/mol. The van der Waals surface area contributed by atoms with Gasteiger partial charge in [-0.2, -0.15) is 0 Å². The Morgan fingerprint density at radius 1 is 1.27 bits per heavy atom. The van der Waals surface area contributed by atoms with E-state index in [0.717, 1.165) is 51.1 Å². The van der Waals surface area contributed by atoms with Gasteiger partial charge in [-0.1, -0.05) is 30.3 Å². The number of hydrogen-bond acceptors (Lipinski definition) is 3. The van der Waals surface area contributed by atoms with Crippen LogP contribution in [0.5, 0.6) is 0 Å². The minimum atomic E-state index is -0.0668. The molecule has 2 aliphatic heterocycles. The maximum Gasteiger partial charge on any atom is 0.246 e. The number of imidazole rings is 1. The summed E-state index contributed by atoms with van der Waals surface area (Å²) in [4.78, 5) is 21.3. The first kappa shape index (κ1) is 17.0. The third-order valence-corrected chi connectivity index (χ3v) is 5.68. The van der Waals surface area contributed by atoms with Crippen molar-refractivity contribution in [1.29, 1.82) is 0 Å². The van der Waals surface area contributed by atoms with Gasteiger partial charge >= 0.3 is 0 Å². The first-order valence-electron chi connectivity index (χ1n) is 9.38. The Morgan fingerprint density at radius 2 is 2.08 bits per heavy atom. The molecule has 3 heterocycles. The number of carbonyl (C=O) groups excluding carboxylic acids is 1. The SMILES string of the molecule is O=C(/C=C/c1cnc[nH]1)N1CCC2(CC1)C[C@@H](c1ccccc1)CCO2. The lowest BCUT2D eigenvalue weighted by Gasteiger charge is -2.46. The largest absolute Gasteiger partial charge is 0.375 e. The van der Waals surface area contributed by atoms with E-state index in [1.165, 1.54) is 5.56 Å². The minimum absolute atomic E-state index is 0.0601. The number of H-pyrrole nitrogens is 1. The van der Waals surface area contributed by atoms with Crippen molar-refractivity contribution in [3.05, 3.63) is 60.2 Å². The number of rotatable bonds is 3. The molecule has 136 valence electrons. The molecule has 1 amide bonds. The van der Waals surface area contributed by atoms with Crippen LogP contribution in [-0.2, 0) is 9.53 Å². The monoisotopic (exact) mass is 351 g/mol. The van der Waals surface area contributed by atoms with E-state index in [0.29, 0.717) is 5.92 Å². The number of ether oxygens (including phenoxy) is 1. The van der Waals surface area contributed by atoms with Gasteiger partial charge in [0.25, 0.3) is 0 Å². The molecular weight excluding hydrogens is 326 g/mol. The van der Waals surface area contributed by atoms with Crippen LogP contribution in [0.2, 0.25) is 0 Å². The van der Waals surface area contributed by atoms with E-state index < -0.39 is 0 Å². The molecule has 5 heteroatoms. The van der Waals surface area contributed by atoms with Crippen molar-refractivity contribution >= 4 is 12.0 Å². The van der Waals surface area contributed by atoms with Gasteiger partial charge in [0.05, 0.1) is 23.8 Å². The van der Waals surface area contributed by atoms with E-state index in [-0.39, 0.29) is 11.5 Å². The Hall–Kier alpha value is -2.40.